The molecule has 2 saturated carbocycles. The summed E-state index contributed by atoms with van der Waals surface area (Å²) < 4.78 is 12.4. The number of rotatable bonds is 9. The standard InChI is InChI=1S/C40H50NO8/c1-48-40-31(14-22-12-13-41-19-22)37(32(21-43)38(46)39(40)47)36-18-34(45)28-10-8-26(17-35(28)49-36)25-9-11-33(44)30(16-25)29-15-24(6-7-27(29)20-42)23-4-2-3-5-23/h7,9,11-13,16,19,23-24,26,28-29,34-36,42-47H,2-6,8,10,14-15,17-18,20-21H2,1H3/q-1. The highest BCUT2D eigenvalue weighted by Crippen LogP contribution is 2.53. The Morgan fingerprint density at radius 3 is 2.43 bits per heavy atom. The van der Waals surface area contributed by atoms with E-state index < -0.39 is 30.3 Å². The fourth-order valence-corrected chi connectivity index (χ4v) is 9.71. The van der Waals surface area contributed by atoms with Gasteiger partial charge < -0.3 is 45.1 Å². The van der Waals surface area contributed by atoms with Crippen LogP contribution < -0.4 is 9.72 Å². The number of aromatic nitrogens is 1. The van der Waals surface area contributed by atoms with Gasteiger partial charge in [0.2, 0.25) is 5.75 Å². The molecule has 3 aromatic rings. The van der Waals surface area contributed by atoms with E-state index in [9.17, 15) is 30.6 Å². The molecule has 7 rings (SSSR count). The maximum Gasteiger partial charge on any atom is 0.201 e. The number of phenols is 3. The summed E-state index contributed by atoms with van der Waals surface area (Å²) in [5, 5.41) is 65.2. The Bertz CT molecular complexity index is 1640. The lowest BCUT2D eigenvalue weighted by Crippen LogP contribution is -2.44. The maximum atomic E-state index is 11.5. The summed E-state index contributed by atoms with van der Waals surface area (Å²) in [6, 6.07) is 7.80. The second-order valence-corrected chi connectivity index (χ2v) is 14.8. The van der Waals surface area contributed by atoms with Crippen LogP contribution in [0, 0.1) is 17.8 Å². The molecule has 9 heteroatoms. The molecule has 2 heterocycles. The molecule has 0 radical (unpaired) electrons. The minimum absolute atomic E-state index is 0.0101. The molecule has 6 N–H and O–H groups in total. The summed E-state index contributed by atoms with van der Waals surface area (Å²) in [5.74, 6) is 0.829. The van der Waals surface area contributed by atoms with Crippen molar-refractivity contribution < 1.29 is 40.1 Å². The maximum absolute atomic E-state index is 11.5. The summed E-state index contributed by atoms with van der Waals surface area (Å²) in [4.78, 5) is 4.17. The SMILES string of the molecule is COc1c(O)c(O)c(CO)c(C2CC(O)C3CCC(c4ccc(O)c(C5CC(C6CCCC6)CC=C5CO)c4)CC3O2)c1Cc1cc[n-]c1. The smallest absolute Gasteiger partial charge is 0.201 e. The summed E-state index contributed by atoms with van der Waals surface area (Å²) >= 11 is 0. The molecule has 1 aromatic heterocycles. The Kier molecular flexibility index (Phi) is 9.98. The van der Waals surface area contributed by atoms with E-state index in [4.69, 9.17) is 9.47 Å². The van der Waals surface area contributed by atoms with Crippen LogP contribution in [0.5, 0.6) is 23.0 Å². The van der Waals surface area contributed by atoms with Gasteiger partial charge in [-0.3, -0.25) is 0 Å². The van der Waals surface area contributed by atoms with Crippen molar-refractivity contribution in [3.63, 3.8) is 0 Å². The zero-order chi connectivity index (χ0) is 34.2. The summed E-state index contributed by atoms with van der Waals surface area (Å²) in [7, 11) is 1.43. The highest BCUT2D eigenvalue weighted by atomic mass is 16.5. The highest BCUT2D eigenvalue weighted by molar-refractivity contribution is 5.64. The largest absolute Gasteiger partial charge is 0.670 e. The van der Waals surface area contributed by atoms with E-state index >= 15 is 0 Å². The molecule has 3 fully saturated rings. The van der Waals surface area contributed by atoms with Gasteiger partial charge in [-0.1, -0.05) is 55.5 Å². The van der Waals surface area contributed by atoms with Crippen molar-refractivity contribution in [1.82, 2.24) is 4.98 Å². The number of ether oxygens (including phenoxy) is 2. The molecular weight excluding hydrogens is 622 g/mol. The molecule has 3 aliphatic carbocycles. The first-order valence-electron chi connectivity index (χ1n) is 18.1. The number of phenolic OH excluding ortho intramolecular Hbond substituents is 2. The summed E-state index contributed by atoms with van der Waals surface area (Å²) in [6.07, 6.45) is 14.0. The fourth-order valence-electron chi connectivity index (χ4n) is 9.71. The molecule has 4 aliphatic rings. The van der Waals surface area contributed by atoms with Crippen LogP contribution in [-0.4, -0.2) is 56.6 Å². The van der Waals surface area contributed by atoms with Crippen molar-refractivity contribution in [3.8, 4) is 23.0 Å². The number of fused-ring (bicyclic) bond motifs is 1. The number of allylic oxidation sites excluding steroid dienone is 1. The van der Waals surface area contributed by atoms with Gasteiger partial charge in [0.25, 0.3) is 0 Å². The third kappa shape index (κ3) is 6.47. The number of aliphatic hydroxyl groups excluding tert-OH is 3. The second kappa shape index (κ2) is 14.4. The van der Waals surface area contributed by atoms with Crippen molar-refractivity contribution in [3.05, 3.63) is 81.7 Å². The minimum Gasteiger partial charge on any atom is -0.670 e. The predicted octanol–water partition coefficient (Wildman–Crippen LogP) is 6.23. The topological polar surface area (TPSA) is 154 Å². The normalized spacial score (nSPS) is 29.1. The molecule has 2 aromatic carbocycles. The Labute approximate surface area is 288 Å². The number of hydrogen-bond acceptors (Lipinski definition) is 8. The number of aliphatic hydroxyl groups is 3. The van der Waals surface area contributed by atoms with E-state index in [2.05, 4.69) is 17.1 Å². The van der Waals surface area contributed by atoms with E-state index in [-0.39, 0.29) is 53.9 Å². The number of nitrogens with zero attached hydrogens (tertiary/aromatic N) is 1. The van der Waals surface area contributed by atoms with Gasteiger partial charge in [0.05, 0.1) is 38.6 Å². The van der Waals surface area contributed by atoms with Crippen LogP contribution in [0.3, 0.4) is 0 Å². The minimum atomic E-state index is -0.658. The van der Waals surface area contributed by atoms with Gasteiger partial charge in [0.15, 0.2) is 11.5 Å². The average Bonchev–Trinajstić information content (AvgIpc) is 3.85. The predicted molar refractivity (Wildman–Crippen MR) is 184 cm³/mol. The van der Waals surface area contributed by atoms with Crippen LogP contribution >= 0.6 is 0 Å². The molecule has 0 spiro atoms. The molecule has 0 amide bonds. The van der Waals surface area contributed by atoms with Crippen molar-refractivity contribution in [2.24, 2.45) is 17.8 Å². The van der Waals surface area contributed by atoms with Gasteiger partial charge in [-0.25, -0.2) is 0 Å². The van der Waals surface area contributed by atoms with E-state index in [1.54, 1.807) is 18.5 Å². The molecule has 49 heavy (non-hydrogen) atoms. The van der Waals surface area contributed by atoms with Gasteiger partial charge in [-0.05, 0) is 79.0 Å². The molecule has 264 valence electrons. The molecule has 9 nitrogen and oxygen atoms in total. The first-order valence-corrected chi connectivity index (χ1v) is 18.1. The van der Waals surface area contributed by atoms with Gasteiger partial charge in [-0.2, -0.15) is 12.4 Å². The lowest BCUT2D eigenvalue weighted by molar-refractivity contribution is -0.154. The summed E-state index contributed by atoms with van der Waals surface area (Å²) in [5.41, 5.74) is 5.14. The van der Waals surface area contributed by atoms with E-state index in [0.29, 0.717) is 35.8 Å². The first kappa shape index (κ1) is 34.0. The van der Waals surface area contributed by atoms with Crippen molar-refractivity contribution in [2.45, 2.75) is 107 Å². The Hall–Kier alpha value is -3.50. The lowest BCUT2D eigenvalue weighted by Gasteiger charge is -2.46. The van der Waals surface area contributed by atoms with Gasteiger partial charge in [0, 0.05) is 34.9 Å². The summed E-state index contributed by atoms with van der Waals surface area (Å²) in [6.45, 7) is -0.537. The lowest BCUT2D eigenvalue weighted by atomic mass is 9.70. The van der Waals surface area contributed by atoms with Crippen LogP contribution in [0.1, 0.15) is 116 Å². The van der Waals surface area contributed by atoms with Gasteiger partial charge >= 0.3 is 0 Å². The number of benzene rings is 2. The fraction of sp³-hybridized carbons (Fsp3) is 0.550. The van der Waals surface area contributed by atoms with Crippen LogP contribution in [-0.2, 0) is 17.8 Å². The van der Waals surface area contributed by atoms with Crippen molar-refractivity contribution in [2.75, 3.05) is 13.7 Å². The molecular formula is C40H50NO8-. The highest BCUT2D eigenvalue weighted by Gasteiger charge is 2.44. The van der Waals surface area contributed by atoms with Crippen LogP contribution in [0.25, 0.3) is 0 Å². The second-order valence-electron chi connectivity index (χ2n) is 14.8. The Morgan fingerprint density at radius 1 is 0.898 bits per heavy atom. The van der Waals surface area contributed by atoms with Crippen LogP contribution in [0.4, 0.5) is 0 Å². The van der Waals surface area contributed by atoms with E-state index in [1.165, 1.54) is 32.8 Å². The molecule has 7 atom stereocenters. The van der Waals surface area contributed by atoms with Crippen molar-refractivity contribution in [1.29, 1.82) is 0 Å². The van der Waals surface area contributed by atoms with Gasteiger partial charge in [-0.15, -0.1) is 0 Å². The molecule has 7 unspecified atom stereocenters. The monoisotopic (exact) mass is 672 g/mol. The molecule has 1 aliphatic heterocycles. The number of methoxy groups -OCH3 is 1. The number of aromatic hydroxyl groups is 3. The van der Waals surface area contributed by atoms with E-state index in [1.807, 2.05) is 12.1 Å². The quantitative estimate of drug-likeness (QED) is 0.115. The van der Waals surface area contributed by atoms with Crippen LogP contribution in [0.15, 0.2) is 48.3 Å². The third-order valence-electron chi connectivity index (χ3n) is 12.3. The van der Waals surface area contributed by atoms with E-state index in [0.717, 1.165) is 47.9 Å². The average molecular weight is 673 g/mol. The Morgan fingerprint density at radius 2 is 1.71 bits per heavy atom. The zero-order valence-electron chi connectivity index (χ0n) is 28.3. The number of hydrogen-bond donors (Lipinski definition) is 6. The Balaban J connectivity index is 1.17. The third-order valence-corrected chi connectivity index (χ3v) is 12.3. The first-order chi connectivity index (χ1) is 23.8. The zero-order valence-corrected chi connectivity index (χ0v) is 28.3. The van der Waals surface area contributed by atoms with Gasteiger partial charge in [0.1, 0.15) is 5.75 Å². The van der Waals surface area contributed by atoms with Crippen molar-refractivity contribution >= 4 is 0 Å². The molecule has 0 bridgehead atoms. The van der Waals surface area contributed by atoms with Crippen LogP contribution in [0.2, 0.25) is 0 Å². The molecule has 1 saturated heterocycles.